The second-order valence-electron chi connectivity index (χ2n) is 4.64. The summed E-state index contributed by atoms with van der Waals surface area (Å²) in [6, 6.07) is 11.2. The first kappa shape index (κ1) is 14.7. The summed E-state index contributed by atoms with van der Waals surface area (Å²) in [5.41, 5.74) is 0.926. The Morgan fingerprint density at radius 3 is 2.38 bits per heavy atom. The minimum absolute atomic E-state index is 0.178. The first-order valence-corrected chi connectivity index (χ1v) is 6.34. The monoisotopic (exact) mass is 287 g/mol. The molecular formula is C16H14FNO3. The maximum absolute atomic E-state index is 13.7. The van der Waals surface area contributed by atoms with Gasteiger partial charge < -0.3 is 10.4 Å². The van der Waals surface area contributed by atoms with Crippen molar-refractivity contribution >= 4 is 11.9 Å². The summed E-state index contributed by atoms with van der Waals surface area (Å²) >= 11 is 0. The third-order valence-electron chi connectivity index (χ3n) is 3.02. The zero-order valence-electron chi connectivity index (χ0n) is 11.3. The van der Waals surface area contributed by atoms with Crippen LogP contribution in [0.25, 0.3) is 0 Å². The van der Waals surface area contributed by atoms with Crippen molar-refractivity contribution in [2.45, 2.75) is 13.0 Å². The molecule has 0 saturated heterocycles. The van der Waals surface area contributed by atoms with Gasteiger partial charge in [0.2, 0.25) is 0 Å². The van der Waals surface area contributed by atoms with Crippen LogP contribution in [0.5, 0.6) is 0 Å². The predicted molar refractivity (Wildman–Crippen MR) is 75.4 cm³/mol. The van der Waals surface area contributed by atoms with E-state index < -0.39 is 23.7 Å². The summed E-state index contributed by atoms with van der Waals surface area (Å²) in [6.07, 6.45) is 0. The fourth-order valence-corrected chi connectivity index (χ4v) is 1.95. The van der Waals surface area contributed by atoms with Crippen LogP contribution in [0.3, 0.4) is 0 Å². The Kier molecular flexibility index (Phi) is 4.33. The SMILES string of the molecule is Cc1ccc(C(=O)NC(C(=O)O)c2ccccc2)c(F)c1. The largest absolute Gasteiger partial charge is 0.479 e. The van der Waals surface area contributed by atoms with Crippen molar-refractivity contribution in [3.8, 4) is 0 Å². The second-order valence-corrected chi connectivity index (χ2v) is 4.64. The highest BCUT2D eigenvalue weighted by Crippen LogP contribution is 2.15. The molecule has 0 spiro atoms. The topological polar surface area (TPSA) is 66.4 Å². The van der Waals surface area contributed by atoms with Crippen molar-refractivity contribution in [2.24, 2.45) is 0 Å². The van der Waals surface area contributed by atoms with Crippen molar-refractivity contribution in [1.82, 2.24) is 5.32 Å². The summed E-state index contributed by atoms with van der Waals surface area (Å²) in [6.45, 7) is 1.70. The maximum atomic E-state index is 13.7. The first-order chi connectivity index (χ1) is 9.99. The Morgan fingerprint density at radius 1 is 1.14 bits per heavy atom. The first-order valence-electron chi connectivity index (χ1n) is 6.34. The number of nitrogens with one attached hydrogen (secondary N) is 1. The van der Waals surface area contributed by atoms with E-state index in [0.717, 1.165) is 0 Å². The van der Waals surface area contributed by atoms with Crippen LogP contribution < -0.4 is 5.32 Å². The Hall–Kier alpha value is -2.69. The molecule has 0 aliphatic heterocycles. The van der Waals surface area contributed by atoms with Gasteiger partial charge in [0.15, 0.2) is 6.04 Å². The summed E-state index contributed by atoms with van der Waals surface area (Å²) in [7, 11) is 0. The molecule has 108 valence electrons. The molecule has 0 heterocycles. The Morgan fingerprint density at radius 2 is 1.81 bits per heavy atom. The van der Waals surface area contributed by atoms with Crippen LogP contribution in [0.2, 0.25) is 0 Å². The molecule has 2 aromatic rings. The molecular weight excluding hydrogens is 273 g/mol. The van der Waals surface area contributed by atoms with Gasteiger partial charge in [-0.3, -0.25) is 4.79 Å². The van der Waals surface area contributed by atoms with Crippen LogP contribution in [0.1, 0.15) is 27.5 Å². The molecule has 0 fully saturated rings. The number of benzene rings is 2. The van der Waals surface area contributed by atoms with Gasteiger partial charge in [-0.15, -0.1) is 0 Å². The van der Waals surface area contributed by atoms with Crippen molar-refractivity contribution in [3.63, 3.8) is 0 Å². The van der Waals surface area contributed by atoms with Gasteiger partial charge in [0, 0.05) is 0 Å². The summed E-state index contributed by atoms with van der Waals surface area (Å²) in [5.74, 6) is -2.64. The van der Waals surface area contributed by atoms with E-state index >= 15 is 0 Å². The summed E-state index contributed by atoms with van der Waals surface area (Å²) in [5, 5.41) is 11.6. The molecule has 0 radical (unpaired) electrons. The van der Waals surface area contributed by atoms with Crippen LogP contribution in [-0.4, -0.2) is 17.0 Å². The van der Waals surface area contributed by atoms with Gasteiger partial charge in [-0.25, -0.2) is 9.18 Å². The second kappa shape index (κ2) is 6.17. The molecule has 2 rings (SSSR count). The van der Waals surface area contributed by atoms with Crippen molar-refractivity contribution in [2.75, 3.05) is 0 Å². The number of rotatable bonds is 4. The maximum Gasteiger partial charge on any atom is 0.330 e. The molecule has 21 heavy (non-hydrogen) atoms. The molecule has 2 aromatic carbocycles. The molecule has 2 N–H and O–H groups in total. The smallest absolute Gasteiger partial charge is 0.330 e. The fourth-order valence-electron chi connectivity index (χ4n) is 1.95. The quantitative estimate of drug-likeness (QED) is 0.908. The van der Waals surface area contributed by atoms with E-state index in [1.165, 1.54) is 12.1 Å². The molecule has 0 aromatic heterocycles. The number of carboxylic acid groups (broad SMARTS) is 1. The highest BCUT2D eigenvalue weighted by atomic mass is 19.1. The van der Waals surface area contributed by atoms with Crippen LogP contribution in [-0.2, 0) is 4.79 Å². The number of amides is 1. The zero-order chi connectivity index (χ0) is 15.4. The molecule has 0 saturated carbocycles. The van der Waals surface area contributed by atoms with Crippen molar-refractivity contribution in [3.05, 3.63) is 71.0 Å². The van der Waals surface area contributed by atoms with Gasteiger partial charge in [0.05, 0.1) is 5.56 Å². The van der Waals surface area contributed by atoms with E-state index in [0.29, 0.717) is 11.1 Å². The highest BCUT2D eigenvalue weighted by molar-refractivity contribution is 5.97. The average Bonchev–Trinajstić information content (AvgIpc) is 2.45. The normalized spacial score (nSPS) is 11.7. The van der Waals surface area contributed by atoms with E-state index in [2.05, 4.69) is 5.32 Å². The van der Waals surface area contributed by atoms with Gasteiger partial charge in [0.1, 0.15) is 5.82 Å². The van der Waals surface area contributed by atoms with Crippen molar-refractivity contribution < 1.29 is 19.1 Å². The van der Waals surface area contributed by atoms with Crippen molar-refractivity contribution in [1.29, 1.82) is 0 Å². The number of carboxylic acids is 1. The average molecular weight is 287 g/mol. The molecule has 0 aliphatic rings. The van der Waals surface area contributed by atoms with E-state index in [1.807, 2.05) is 0 Å². The van der Waals surface area contributed by atoms with Gasteiger partial charge in [0.25, 0.3) is 5.91 Å². The number of carbonyl (C=O) groups is 2. The molecule has 5 heteroatoms. The number of aliphatic carboxylic acids is 1. The lowest BCUT2D eigenvalue weighted by molar-refractivity contribution is -0.139. The number of halogens is 1. The number of hydrogen-bond acceptors (Lipinski definition) is 2. The van der Waals surface area contributed by atoms with Gasteiger partial charge in [-0.05, 0) is 30.2 Å². The van der Waals surface area contributed by atoms with Gasteiger partial charge in [-0.2, -0.15) is 0 Å². The Balaban J connectivity index is 2.25. The number of carbonyl (C=O) groups excluding carboxylic acids is 1. The lowest BCUT2D eigenvalue weighted by atomic mass is 10.1. The predicted octanol–water partition coefficient (Wildman–Crippen LogP) is 2.69. The minimum atomic E-state index is -1.22. The number of hydrogen-bond donors (Lipinski definition) is 2. The molecule has 4 nitrogen and oxygen atoms in total. The van der Waals surface area contributed by atoms with E-state index in [1.54, 1.807) is 43.3 Å². The Bertz CT molecular complexity index is 670. The summed E-state index contributed by atoms with van der Waals surface area (Å²) < 4.78 is 13.7. The molecule has 0 bridgehead atoms. The Labute approximate surface area is 121 Å². The van der Waals surface area contributed by atoms with Crippen LogP contribution in [0.4, 0.5) is 4.39 Å². The standard InChI is InChI=1S/C16H14FNO3/c1-10-7-8-12(13(17)9-10)15(19)18-14(16(20)21)11-5-3-2-4-6-11/h2-9,14H,1H3,(H,18,19)(H,20,21). The third kappa shape index (κ3) is 3.45. The van der Waals surface area contributed by atoms with Gasteiger partial charge in [-0.1, -0.05) is 36.4 Å². The molecule has 1 amide bonds. The van der Waals surface area contributed by atoms with E-state index in [-0.39, 0.29) is 5.56 Å². The summed E-state index contributed by atoms with van der Waals surface area (Å²) in [4.78, 5) is 23.3. The fraction of sp³-hybridized carbons (Fsp3) is 0.125. The molecule has 0 aliphatic carbocycles. The lowest BCUT2D eigenvalue weighted by Crippen LogP contribution is -2.34. The molecule has 1 atom stereocenters. The lowest BCUT2D eigenvalue weighted by Gasteiger charge is -2.15. The minimum Gasteiger partial charge on any atom is -0.479 e. The van der Waals surface area contributed by atoms with Crippen LogP contribution in [0.15, 0.2) is 48.5 Å². The zero-order valence-corrected chi connectivity index (χ0v) is 11.3. The molecule has 1 unspecified atom stereocenters. The van der Waals surface area contributed by atoms with Gasteiger partial charge >= 0.3 is 5.97 Å². The highest BCUT2D eigenvalue weighted by Gasteiger charge is 2.23. The van der Waals surface area contributed by atoms with Crippen LogP contribution in [0, 0.1) is 12.7 Å². The van der Waals surface area contributed by atoms with Crippen LogP contribution >= 0.6 is 0 Å². The third-order valence-corrected chi connectivity index (χ3v) is 3.02. The van der Waals surface area contributed by atoms with E-state index in [9.17, 15) is 19.1 Å². The number of aryl methyl sites for hydroxylation is 1. The van der Waals surface area contributed by atoms with E-state index in [4.69, 9.17) is 0 Å².